The van der Waals surface area contributed by atoms with E-state index in [-0.39, 0.29) is 36.0 Å². The molecular formula is C26H33NO6S2. The second-order valence-electron chi connectivity index (χ2n) is 9.94. The van der Waals surface area contributed by atoms with Crippen LogP contribution in [-0.2, 0) is 19.7 Å². The number of fused-ring (bicyclic) bond motifs is 1. The molecule has 2 aromatic rings. The molecule has 190 valence electrons. The van der Waals surface area contributed by atoms with Crippen LogP contribution in [0.25, 0.3) is 0 Å². The van der Waals surface area contributed by atoms with Gasteiger partial charge in [-0.25, -0.2) is 16.8 Å². The molecule has 1 atom stereocenters. The van der Waals surface area contributed by atoms with Gasteiger partial charge in [-0.1, -0.05) is 30.3 Å². The summed E-state index contributed by atoms with van der Waals surface area (Å²) in [5.74, 6) is -0.128. The first-order chi connectivity index (χ1) is 16.5. The number of ether oxygens (including phenoxy) is 1. The summed E-state index contributed by atoms with van der Waals surface area (Å²) >= 11 is 0. The van der Waals surface area contributed by atoms with Crippen LogP contribution in [0.4, 0.5) is 5.69 Å². The van der Waals surface area contributed by atoms with Crippen molar-refractivity contribution in [2.75, 3.05) is 42.0 Å². The number of anilines is 1. The maximum atomic E-state index is 14.0. The molecule has 1 saturated heterocycles. The van der Waals surface area contributed by atoms with Gasteiger partial charge in [-0.15, -0.1) is 0 Å². The van der Waals surface area contributed by atoms with E-state index in [0.717, 1.165) is 44.1 Å². The molecule has 7 nitrogen and oxygen atoms in total. The maximum Gasteiger partial charge on any atom is 0.176 e. The number of hydrogen-bond acceptors (Lipinski definition) is 7. The summed E-state index contributed by atoms with van der Waals surface area (Å²) in [5.41, 5.74) is 0.310. The predicted octanol–water partition coefficient (Wildman–Crippen LogP) is 3.40. The molecule has 0 aromatic heterocycles. The van der Waals surface area contributed by atoms with E-state index in [1.807, 2.05) is 18.2 Å². The number of benzene rings is 2. The minimum absolute atomic E-state index is 0.00797. The first-order valence-corrected chi connectivity index (χ1v) is 16.1. The molecule has 2 aromatic carbocycles. The summed E-state index contributed by atoms with van der Waals surface area (Å²) in [4.78, 5) is 16.3. The molecule has 1 unspecified atom stereocenters. The van der Waals surface area contributed by atoms with Crippen molar-refractivity contribution in [3.63, 3.8) is 0 Å². The lowest BCUT2D eigenvalue weighted by molar-refractivity contribution is -0.0123. The monoisotopic (exact) mass is 519 g/mol. The van der Waals surface area contributed by atoms with E-state index in [0.29, 0.717) is 11.3 Å². The Hall–Kier alpha value is -2.39. The summed E-state index contributed by atoms with van der Waals surface area (Å²) in [5, 5.41) is 0. The fraction of sp³-hybridized carbons (Fsp3) is 0.500. The normalized spacial score (nSPS) is 20.8. The Morgan fingerprint density at radius 3 is 1.97 bits per heavy atom. The second kappa shape index (κ2) is 9.93. The van der Waals surface area contributed by atoms with Crippen molar-refractivity contribution in [3.05, 3.63) is 60.2 Å². The van der Waals surface area contributed by atoms with Crippen molar-refractivity contribution >= 4 is 31.1 Å². The van der Waals surface area contributed by atoms with Gasteiger partial charge < -0.3 is 9.64 Å². The standard InChI is InChI=1S/C26H33NO6S2/c1-34(29,30)18-14-26(15-19-35(2,31)32)24(28)22-10-6-7-11-23(22)33-25(26)20-12-16-27(17-13-20)21-8-4-3-5-9-21/h3-11,20,25H,12-19H2,1-2H3. The van der Waals surface area contributed by atoms with E-state index in [1.165, 1.54) is 0 Å². The Balaban J connectivity index is 1.70. The van der Waals surface area contributed by atoms with E-state index in [9.17, 15) is 21.6 Å². The third-order valence-corrected chi connectivity index (χ3v) is 9.20. The fourth-order valence-corrected chi connectivity index (χ4v) is 6.89. The molecule has 0 amide bonds. The van der Waals surface area contributed by atoms with Crippen LogP contribution < -0.4 is 9.64 Å². The molecule has 2 aliphatic rings. The molecular weight excluding hydrogens is 486 g/mol. The highest BCUT2D eigenvalue weighted by molar-refractivity contribution is 7.90. The van der Waals surface area contributed by atoms with Crippen molar-refractivity contribution in [1.82, 2.24) is 0 Å². The first kappa shape index (κ1) is 25.7. The zero-order valence-electron chi connectivity index (χ0n) is 20.2. The first-order valence-electron chi connectivity index (χ1n) is 11.9. The number of sulfone groups is 2. The Labute approximate surface area is 208 Å². The molecule has 0 radical (unpaired) electrons. The molecule has 0 N–H and O–H groups in total. The minimum Gasteiger partial charge on any atom is -0.488 e. The smallest absolute Gasteiger partial charge is 0.176 e. The number of hydrogen-bond donors (Lipinski definition) is 0. The van der Waals surface area contributed by atoms with Crippen LogP contribution in [0, 0.1) is 11.3 Å². The van der Waals surface area contributed by atoms with Crippen molar-refractivity contribution in [1.29, 1.82) is 0 Å². The van der Waals surface area contributed by atoms with Crippen LogP contribution in [0.3, 0.4) is 0 Å². The van der Waals surface area contributed by atoms with Crippen molar-refractivity contribution in [2.24, 2.45) is 11.3 Å². The summed E-state index contributed by atoms with van der Waals surface area (Å²) in [6.07, 6.45) is 3.30. The van der Waals surface area contributed by atoms with Crippen molar-refractivity contribution in [3.8, 4) is 5.75 Å². The lowest BCUT2D eigenvalue weighted by Crippen LogP contribution is -2.55. The molecule has 1 fully saturated rings. The number of para-hydroxylation sites is 2. The van der Waals surface area contributed by atoms with E-state index >= 15 is 0 Å². The topological polar surface area (TPSA) is 97.8 Å². The van der Waals surface area contributed by atoms with Crippen LogP contribution in [0.2, 0.25) is 0 Å². The number of rotatable bonds is 8. The fourth-order valence-electron chi connectivity index (χ4n) is 5.42. The van der Waals surface area contributed by atoms with Gasteiger partial charge in [0.05, 0.1) is 22.5 Å². The lowest BCUT2D eigenvalue weighted by Gasteiger charge is -2.48. The number of carbonyl (C=O) groups is 1. The summed E-state index contributed by atoms with van der Waals surface area (Å²) in [6.45, 7) is 1.55. The summed E-state index contributed by atoms with van der Waals surface area (Å²) in [7, 11) is -6.76. The van der Waals surface area contributed by atoms with Gasteiger partial charge >= 0.3 is 0 Å². The molecule has 0 saturated carbocycles. The van der Waals surface area contributed by atoms with Crippen molar-refractivity contribution < 1.29 is 26.4 Å². The van der Waals surface area contributed by atoms with Crippen molar-refractivity contribution in [2.45, 2.75) is 31.8 Å². The molecule has 2 heterocycles. The highest BCUT2D eigenvalue weighted by atomic mass is 32.2. The number of piperidine rings is 1. The average Bonchev–Trinajstić information content (AvgIpc) is 2.82. The van der Waals surface area contributed by atoms with Gasteiger partial charge in [0.2, 0.25) is 0 Å². The second-order valence-corrected chi connectivity index (χ2v) is 14.5. The Bertz CT molecular complexity index is 1230. The van der Waals surface area contributed by atoms with Gasteiger partial charge in [0, 0.05) is 37.2 Å². The maximum absolute atomic E-state index is 14.0. The third kappa shape index (κ3) is 5.89. The number of Topliss-reactive ketones (excluding diaryl/α,β-unsaturated/α-hetero) is 1. The molecule has 0 bridgehead atoms. The van der Waals surface area contributed by atoms with E-state index < -0.39 is 31.2 Å². The molecule has 0 aliphatic carbocycles. The van der Waals surface area contributed by atoms with Gasteiger partial charge in [0.1, 0.15) is 31.5 Å². The third-order valence-electron chi connectivity index (χ3n) is 7.31. The molecule has 2 aliphatic heterocycles. The predicted molar refractivity (Wildman–Crippen MR) is 138 cm³/mol. The van der Waals surface area contributed by atoms with E-state index in [2.05, 4.69) is 17.0 Å². The number of nitrogens with zero attached hydrogens (tertiary/aromatic N) is 1. The SMILES string of the molecule is CS(=O)(=O)CCC1(CCS(C)(=O)=O)C(=O)c2ccccc2OC1C1CCN(c2ccccc2)CC1. The van der Waals surface area contributed by atoms with Gasteiger partial charge in [-0.3, -0.25) is 4.79 Å². The molecule has 35 heavy (non-hydrogen) atoms. The zero-order valence-corrected chi connectivity index (χ0v) is 21.9. The average molecular weight is 520 g/mol. The van der Waals surface area contributed by atoms with E-state index in [1.54, 1.807) is 24.3 Å². The molecule has 9 heteroatoms. The lowest BCUT2D eigenvalue weighted by atomic mass is 9.64. The molecule has 0 spiro atoms. The summed E-state index contributed by atoms with van der Waals surface area (Å²) in [6, 6.07) is 17.1. The van der Waals surface area contributed by atoms with Crippen LogP contribution in [0.1, 0.15) is 36.0 Å². The zero-order chi connectivity index (χ0) is 25.3. The van der Waals surface area contributed by atoms with Crippen LogP contribution in [-0.4, -0.2) is 65.8 Å². The van der Waals surface area contributed by atoms with Crippen LogP contribution in [0.15, 0.2) is 54.6 Å². The highest BCUT2D eigenvalue weighted by Crippen LogP contribution is 2.48. The van der Waals surface area contributed by atoms with Gasteiger partial charge in [0.25, 0.3) is 0 Å². The van der Waals surface area contributed by atoms with Crippen LogP contribution in [0.5, 0.6) is 5.75 Å². The Morgan fingerprint density at radius 2 is 1.40 bits per heavy atom. The Kier molecular flexibility index (Phi) is 7.29. The largest absolute Gasteiger partial charge is 0.488 e. The quantitative estimate of drug-likeness (QED) is 0.527. The van der Waals surface area contributed by atoms with Gasteiger partial charge in [0.15, 0.2) is 5.78 Å². The minimum atomic E-state index is -3.38. The van der Waals surface area contributed by atoms with Crippen LogP contribution >= 0.6 is 0 Å². The summed E-state index contributed by atoms with van der Waals surface area (Å²) < 4.78 is 55.2. The van der Waals surface area contributed by atoms with E-state index in [4.69, 9.17) is 4.74 Å². The van der Waals surface area contributed by atoms with Gasteiger partial charge in [-0.05, 0) is 49.9 Å². The highest BCUT2D eigenvalue weighted by Gasteiger charge is 2.54. The Morgan fingerprint density at radius 1 is 0.857 bits per heavy atom. The molecule has 4 rings (SSSR count). The number of ketones is 1. The number of carbonyl (C=O) groups excluding carboxylic acids is 1. The van der Waals surface area contributed by atoms with Gasteiger partial charge in [-0.2, -0.15) is 0 Å².